The first-order chi connectivity index (χ1) is 12.7. The molecule has 0 aliphatic carbocycles. The number of piperidine rings is 1. The lowest BCUT2D eigenvalue weighted by molar-refractivity contribution is -0.183. The zero-order valence-corrected chi connectivity index (χ0v) is 15.1. The summed E-state index contributed by atoms with van der Waals surface area (Å²) in [5.74, 6) is 0.0802. The van der Waals surface area contributed by atoms with Gasteiger partial charge < -0.3 is 14.4 Å². The zero-order valence-electron chi connectivity index (χ0n) is 15.1. The van der Waals surface area contributed by atoms with Crippen LogP contribution >= 0.6 is 0 Å². The lowest BCUT2D eigenvalue weighted by Gasteiger charge is -2.48. The van der Waals surface area contributed by atoms with Crippen molar-refractivity contribution in [3.05, 3.63) is 48.3 Å². The van der Waals surface area contributed by atoms with E-state index >= 15 is 0 Å². The van der Waals surface area contributed by atoms with Gasteiger partial charge in [0.1, 0.15) is 0 Å². The molecule has 1 amide bonds. The van der Waals surface area contributed by atoms with Crippen LogP contribution in [0.15, 0.2) is 42.7 Å². The molecule has 1 spiro atoms. The summed E-state index contributed by atoms with van der Waals surface area (Å²) in [5.41, 5.74) is 1.45. The Balaban J connectivity index is 1.42. The summed E-state index contributed by atoms with van der Waals surface area (Å²) in [6, 6.07) is 9.48. The fourth-order valence-corrected chi connectivity index (χ4v) is 4.15. The number of carbonyl (C=O) groups is 1. The van der Waals surface area contributed by atoms with Crippen LogP contribution in [0.2, 0.25) is 0 Å². The average molecular weight is 355 g/mol. The minimum Gasteiger partial charge on any atom is -0.378 e. The molecule has 26 heavy (non-hydrogen) atoms. The van der Waals surface area contributed by atoms with Gasteiger partial charge in [-0.05, 0) is 56.0 Å². The fraction of sp³-hybridized carbons (Fsp3) is 0.500. The molecule has 2 aliphatic heterocycles. The molecule has 0 saturated carbocycles. The molecule has 4 rings (SSSR count). The molecule has 2 aromatic rings. The molecule has 2 aliphatic rings. The third-order valence-electron chi connectivity index (χ3n) is 5.65. The molecular formula is C20H25N3O3. The smallest absolute Gasteiger partial charge is 0.253 e. The summed E-state index contributed by atoms with van der Waals surface area (Å²) in [6.45, 7) is 2.21. The number of methoxy groups -OCH3 is 1. The largest absolute Gasteiger partial charge is 0.378 e. The van der Waals surface area contributed by atoms with Gasteiger partial charge in [-0.15, -0.1) is 0 Å². The van der Waals surface area contributed by atoms with Gasteiger partial charge in [0.25, 0.3) is 5.91 Å². The number of rotatable bonds is 3. The normalized spacial score (nSPS) is 22.5. The second-order valence-electron chi connectivity index (χ2n) is 7.07. The van der Waals surface area contributed by atoms with Crippen molar-refractivity contribution >= 4 is 5.91 Å². The van der Waals surface area contributed by atoms with Crippen molar-refractivity contribution in [3.8, 4) is 5.69 Å². The molecule has 138 valence electrons. The van der Waals surface area contributed by atoms with Crippen LogP contribution in [0.3, 0.4) is 0 Å². The van der Waals surface area contributed by atoms with Crippen LogP contribution in [0.1, 0.15) is 36.0 Å². The van der Waals surface area contributed by atoms with E-state index in [0.717, 1.165) is 38.0 Å². The van der Waals surface area contributed by atoms with Crippen LogP contribution in [0, 0.1) is 0 Å². The molecule has 2 fully saturated rings. The van der Waals surface area contributed by atoms with Crippen LogP contribution < -0.4 is 0 Å². The van der Waals surface area contributed by atoms with E-state index in [1.807, 2.05) is 41.4 Å². The first kappa shape index (κ1) is 17.2. The van der Waals surface area contributed by atoms with Crippen LogP contribution in [0.5, 0.6) is 0 Å². The predicted molar refractivity (Wildman–Crippen MR) is 97.4 cm³/mol. The number of aromatic nitrogens is 2. The molecule has 1 atom stereocenters. The summed E-state index contributed by atoms with van der Waals surface area (Å²) in [7, 11) is 1.76. The Hall–Kier alpha value is -2.18. The van der Waals surface area contributed by atoms with Gasteiger partial charge in [-0.2, -0.15) is 5.10 Å². The van der Waals surface area contributed by atoms with Gasteiger partial charge in [-0.25, -0.2) is 4.68 Å². The molecule has 6 heteroatoms. The van der Waals surface area contributed by atoms with Crippen LogP contribution in [0.4, 0.5) is 0 Å². The quantitative estimate of drug-likeness (QED) is 0.849. The van der Waals surface area contributed by atoms with Crippen LogP contribution in [0.25, 0.3) is 5.69 Å². The highest BCUT2D eigenvalue weighted by Gasteiger charge is 2.45. The maximum Gasteiger partial charge on any atom is 0.253 e. The third kappa shape index (κ3) is 3.15. The molecule has 0 radical (unpaired) electrons. The Kier molecular flexibility index (Phi) is 4.78. The standard InChI is InChI=1S/C20H25N3O3/c1-25-18-4-2-15-26-20(18)9-13-22(14-10-20)19(24)16-5-7-17(8-6-16)23-12-3-11-21-23/h3,5-8,11-12,18H,2,4,9-10,13-15H2,1H3/t18-/m0/s1. The third-order valence-corrected chi connectivity index (χ3v) is 5.65. The van der Waals surface area contributed by atoms with E-state index in [1.54, 1.807) is 18.0 Å². The maximum absolute atomic E-state index is 12.9. The van der Waals surface area contributed by atoms with Gasteiger partial charge in [-0.3, -0.25) is 4.79 Å². The molecule has 1 aromatic carbocycles. The van der Waals surface area contributed by atoms with Gasteiger partial charge in [0.2, 0.25) is 0 Å². The topological polar surface area (TPSA) is 56.6 Å². The van der Waals surface area contributed by atoms with E-state index in [-0.39, 0.29) is 17.6 Å². The minimum absolute atomic E-state index is 0.0802. The Labute approximate surface area is 153 Å². The number of amides is 1. The van der Waals surface area contributed by atoms with Crippen molar-refractivity contribution in [1.82, 2.24) is 14.7 Å². The van der Waals surface area contributed by atoms with Crippen molar-refractivity contribution in [2.75, 3.05) is 26.8 Å². The first-order valence-corrected chi connectivity index (χ1v) is 9.28. The van der Waals surface area contributed by atoms with Crippen molar-refractivity contribution < 1.29 is 14.3 Å². The lowest BCUT2D eigenvalue weighted by atomic mass is 9.81. The Morgan fingerprint density at radius 1 is 1.27 bits per heavy atom. The summed E-state index contributed by atoms with van der Waals surface area (Å²) in [6.07, 6.45) is 7.53. The molecule has 2 saturated heterocycles. The molecule has 3 heterocycles. The van der Waals surface area contributed by atoms with Crippen LogP contribution in [-0.2, 0) is 9.47 Å². The minimum atomic E-state index is -0.215. The monoisotopic (exact) mass is 355 g/mol. The Bertz CT molecular complexity index is 734. The van der Waals surface area contributed by atoms with Crippen molar-refractivity contribution in [2.24, 2.45) is 0 Å². The van der Waals surface area contributed by atoms with Crippen LogP contribution in [-0.4, -0.2) is 59.1 Å². The number of benzene rings is 1. The molecule has 1 aromatic heterocycles. The van der Waals surface area contributed by atoms with Gasteiger partial charge in [0, 0.05) is 44.8 Å². The summed E-state index contributed by atoms with van der Waals surface area (Å²) in [4.78, 5) is 14.8. The summed E-state index contributed by atoms with van der Waals surface area (Å²) < 4.78 is 13.6. The van der Waals surface area contributed by atoms with E-state index < -0.39 is 0 Å². The first-order valence-electron chi connectivity index (χ1n) is 9.28. The maximum atomic E-state index is 12.9. The Morgan fingerprint density at radius 3 is 2.69 bits per heavy atom. The summed E-state index contributed by atoms with van der Waals surface area (Å²) in [5, 5.41) is 4.21. The van der Waals surface area contributed by atoms with E-state index in [1.165, 1.54) is 0 Å². The predicted octanol–water partition coefficient (Wildman–Crippen LogP) is 2.67. The van der Waals surface area contributed by atoms with Crippen molar-refractivity contribution in [2.45, 2.75) is 37.4 Å². The highest BCUT2D eigenvalue weighted by Crippen LogP contribution is 2.37. The number of nitrogens with zero attached hydrogens (tertiary/aromatic N) is 3. The molecule has 0 bridgehead atoms. The Morgan fingerprint density at radius 2 is 2.04 bits per heavy atom. The second kappa shape index (κ2) is 7.21. The van der Waals surface area contributed by atoms with E-state index in [2.05, 4.69) is 5.10 Å². The number of ether oxygens (including phenoxy) is 2. The number of hydrogen-bond donors (Lipinski definition) is 0. The SMILES string of the molecule is CO[C@H]1CCCOC12CCN(C(=O)c1ccc(-n3cccn3)cc1)CC2. The van der Waals surface area contributed by atoms with Gasteiger partial charge >= 0.3 is 0 Å². The van der Waals surface area contributed by atoms with Gasteiger partial charge in [0.05, 0.1) is 17.4 Å². The second-order valence-corrected chi connectivity index (χ2v) is 7.07. The fourth-order valence-electron chi connectivity index (χ4n) is 4.15. The lowest BCUT2D eigenvalue weighted by Crippen LogP contribution is -2.56. The zero-order chi connectivity index (χ0) is 18.0. The number of hydrogen-bond acceptors (Lipinski definition) is 4. The van der Waals surface area contributed by atoms with E-state index in [0.29, 0.717) is 18.7 Å². The number of carbonyl (C=O) groups excluding carboxylic acids is 1. The van der Waals surface area contributed by atoms with Crippen molar-refractivity contribution in [3.63, 3.8) is 0 Å². The number of likely N-dealkylation sites (tertiary alicyclic amines) is 1. The van der Waals surface area contributed by atoms with E-state index in [9.17, 15) is 4.79 Å². The molecule has 6 nitrogen and oxygen atoms in total. The molecule has 0 N–H and O–H groups in total. The molecular weight excluding hydrogens is 330 g/mol. The highest BCUT2D eigenvalue weighted by atomic mass is 16.5. The van der Waals surface area contributed by atoms with E-state index in [4.69, 9.17) is 9.47 Å². The molecule has 0 unspecified atom stereocenters. The van der Waals surface area contributed by atoms with Gasteiger partial charge in [0.15, 0.2) is 0 Å². The highest BCUT2D eigenvalue weighted by molar-refractivity contribution is 5.94. The van der Waals surface area contributed by atoms with Crippen molar-refractivity contribution in [1.29, 1.82) is 0 Å². The van der Waals surface area contributed by atoms with Gasteiger partial charge in [-0.1, -0.05) is 0 Å². The average Bonchev–Trinajstić information content (AvgIpc) is 3.23. The summed E-state index contributed by atoms with van der Waals surface area (Å²) >= 11 is 0.